The molecule has 1 atom stereocenters. The van der Waals surface area contributed by atoms with E-state index in [1.807, 2.05) is 0 Å². The Morgan fingerprint density at radius 3 is 2.38 bits per heavy atom. The maximum atomic E-state index is 13.0. The molecule has 29 heavy (non-hydrogen) atoms. The number of amides is 1. The van der Waals surface area contributed by atoms with Crippen molar-refractivity contribution in [1.82, 2.24) is 13.9 Å². The lowest BCUT2D eigenvalue weighted by Gasteiger charge is -2.31. The molecule has 0 aromatic heterocycles. The molecule has 1 aromatic carbocycles. The number of hydrogen-bond acceptors (Lipinski definition) is 6. The van der Waals surface area contributed by atoms with E-state index >= 15 is 0 Å². The summed E-state index contributed by atoms with van der Waals surface area (Å²) in [5.74, 6) is -0.567. The summed E-state index contributed by atoms with van der Waals surface area (Å²) in [6, 6.07) is 5.15. The molecule has 0 spiro atoms. The second-order valence-electron chi connectivity index (χ2n) is 7.10. The molecule has 1 amide bonds. The van der Waals surface area contributed by atoms with Gasteiger partial charge >= 0.3 is 0 Å². The van der Waals surface area contributed by atoms with Gasteiger partial charge in [0.2, 0.25) is 26.0 Å². The third-order valence-corrected chi connectivity index (χ3v) is 8.53. The summed E-state index contributed by atoms with van der Waals surface area (Å²) >= 11 is 0. The van der Waals surface area contributed by atoms with Crippen molar-refractivity contribution in [2.75, 3.05) is 47.4 Å². The standard InChI is InChI=1S/C18H29N3O6S2/c1-20(2)28(23,24)16-7-9-17(10-8-16)29(25,26)21-12-4-6-15(14-21)18(22)19-11-5-13-27-3/h7-10,15H,4-6,11-14H2,1-3H3,(H,19,22). The van der Waals surface area contributed by atoms with Crippen LogP contribution in [0.25, 0.3) is 0 Å². The highest BCUT2D eigenvalue weighted by atomic mass is 32.2. The second kappa shape index (κ2) is 9.98. The number of sulfonamides is 2. The van der Waals surface area contributed by atoms with Crippen LogP contribution in [0.5, 0.6) is 0 Å². The molecule has 1 heterocycles. The quantitative estimate of drug-likeness (QED) is 0.551. The van der Waals surface area contributed by atoms with Crippen LogP contribution in [0, 0.1) is 5.92 Å². The van der Waals surface area contributed by atoms with Gasteiger partial charge in [-0.15, -0.1) is 0 Å². The number of carbonyl (C=O) groups is 1. The Kier molecular flexibility index (Phi) is 8.18. The molecule has 1 aromatic rings. The van der Waals surface area contributed by atoms with Gasteiger partial charge in [-0.3, -0.25) is 4.79 Å². The van der Waals surface area contributed by atoms with Gasteiger partial charge in [0.05, 0.1) is 15.7 Å². The van der Waals surface area contributed by atoms with Gasteiger partial charge in [0.1, 0.15) is 0 Å². The van der Waals surface area contributed by atoms with E-state index < -0.39 is 26.0 Å². The number of methoxy groups -OCH3 is 1. The molecule has 2 rings (SSSR count). The Bertz CT molecular complexity index is 898. The van der Waals surface area contributed by atoms with E-state index in [0.717, 1.165) is 4.31 Å². The van der Waals surface area contributed by atoms with Crippen molar-refractivity contribution in [3.8, 4) is 0 Å². The first-order valence-electron chi connectivity index (χ1n) is 9.40. The summed E-state index contributed by atoms with van der Waals surface area (Å²) in [7, 11) is -3.04. The predicted molar refractivity (Wildman–Crippen MR) is 108 cm³/mol. The molecule has 1 fully saturated rings. The highest BCUT2D eigenvalue weighted by molar-refractivity contribution is 7.89. The van der Waals surface area contributed by atoms with E-state index in [1.54, 1.807) is 7.11 Å². The van der Waals surface area contributed by atoms with Crippen LogP contribution in [-0.4, -0.2) is 78.8 Å². The highest BCUT2D eigenvalue weighted by Gasteiger charge is 2.33. The maximum absolute atomic E-state index is 13.0. The zero-order valence-electron chi connectivity index (χ0n) is 17.0. The molecular weight excluding hydrogens is 418 g/mol. The van der Waals surface area contributed by atoms with Crippen LogP contribution in [0.4, 0.5) is 0 Å². The smallest absolute Gasteiger partial charge is 0.243 e. The summed E-state index contributed by atoms with van der Waals surface area (Å²) < 4.78 is 57.5. The van der Waals surface area contributed by atoms with Gasteiger partial charge in [-0.05, 0) is 43.5 Å². The zero-order valence-corrected chi connectivity index (χ0v) is 18.6. The van der Waals surface area contributed by atoms with Crippen molar-refractivity contribution in [3.05, 3.63) is 24.3 Å². The molecule has 0 aliphatic carbocycles. The van der Waals surface area contributed by atoms with E-state index in [4.69, 9.17) is 4.74 Å². The lowest BCUT2D eigenvalue weighted by Crippen LogP contribution is -2.45. The molecule has 1 N–H and O–H groups in total. The van der Waals surface area contributed by atoms with Gasteiger partial charge in [-0.1, -0.05) is 0 Å². The minimum atomic E-state index is -3.82. The molecule has 1 aliphatic heterocycles. The van der Waals surface area contributed by atoms with Crippen LogP contribution >= 0.6 is 0 Å². The fourth-order valence-corrected chi connectivity index (χ4v) is 5.52. The first-order valence-corrected chi connectivity index (χ1v) is 12.3. The fraction of sp³-hybridized carbons (Fsp3) is 0.611. The number of nitrogens with one attached hydrogen (secondary N) is 1. The minimum Gasteiger partial charge on any atom is -0.385 e. The zero-order chi connectivity index (χ0) is 21.7. The van der Waals surface area contributed by atoms with E-state index in [2.05, 4.69) is 5.32 Å². The molecule has 0 bridgehead atoms. The fourth-order valence-electron chi connectivity index (χ4n) is 3.09. The van der Waals surface area contributed by atoms with Crippen LogP contribution in [0.1, 0.15) is 19.3 Å². The molecule has 1 unspecified atom stereocenters. The molecule has 0 radical (unpaired) electrons. The van der Waals surface area contributed by atoms with E-state index in [-0.39, 0.29) is 22.2 Å². The topological polar surface area (TPSA) is 113 Å². The van der Waals surface area contributed by atoms with Gasteiger partial charge in [0, 0.05) is 47.4 Å². The van der Waals surface area contributed by atoms with Crippen molar-refractivity contribution in [1.29, 1.82) is 0 Å². The summed E-state index contributed by atoms with van der Waals surface area (Å²) in [5.41, 5.74) is 0. The number of nitrogens with zero attached hydrogens (tertiary/aromatic N) is 2. The van der Waals surface area contributed by atoms with Crippen LogP contribution in [0.3, 0.4) is 0 Å². The average Bonchev–Trinajstić information content (AvgIpc) is 2.71. The third-order valence-electron chi connectivity index (χ3n) is 4.82. The normalized spacial score (nSPS) is 18.7. The highest BCUT2D eigenvalue weighted by Crippen LogP contribution is 2.25. The van der Waals surface area contributed by atoms with Crippen molar-refractivity contribution >= 4 is 26.0 Å². The predicted octanol–water partition coefficient (Wildman–Crippen LogP) is 0.490. The lowest BCUT2D eigenvalue weighted by molar-refractivity contribution is -0.126. The van der Waals surface area contributed by atoms with E-state index in [1.165, 1.54) is 42.7 Å². The Labute approximate surface area is 173 Å². The summed E-state index contributed by atoms with van der Waals surface area (Å²) in [4.78, 5) is 12.4. The number of rotatable bonds is 9. The Balaban J connectivity index is 2.09. The van der Waals surface area contributed by atoms with Crippen LogP contribution < -0.4 is 5.32 Å². The number of ether oxygens (including phenoxy) is 1. The molecule has 1 aliphatic rings. The van der Waals surface area contributed by atoms with Crippen molar-refractivity contribution in [2.45, 2.75) is 29.1 Å². The number of piperidine rings is 1. The maximum Gasteiger partial charge on any atom is 0.243 e. The molecule has 1 saturated heterocycles. The average molecular weight is 448 g/mol. The third kappa shape index (κ3) is 5.76. The second-order valence-corrected chi connectivity index (χ2v) is 11.2. The first kappa shape index (κ1) is 23.7. The van der Waals surface area contributed by atoms with Gasteiger partial charge in [-0.2, -0.15) is 4.31 Å². The van der Waals surface area contributed by atoms with E-state index in [9.17, 15) is 21.6 Å². The summed E-state index contributed by atoms with van der Waals surface area (Å²) in [6.07, 6.45) is 1.91. The van der Waals surface area contributed by atoms with E-state index in [0.29, 0.717) is 39.0 Å². The SMILES string of the molecule is COCCCNC(=O)C1CCCN(S(=O)(=O)c2ccc(S(=O)(=O)N(C)C)cc2)C1. The lowest BCUT2D eigenvalue weighted by atomic mass is 9.99. The largest absolute Gasteiger partial charge is 0.385 e. The molecule has 9 nitrogen and oxygen atoms in total. The summed E-state index contributed by atoms with van der Waals surface area (Å²) in [6.45, 7) is 1.46. The van der Waals surface area contributed by atoms with Crippen molar-refractivity contribution < 1.29 is 26.4 Å². The Hall–Kier alpha value is -1.53. The Morgan fingerprint density at radius 2 is 1.79 bits per heavy atom. The molecule has 11 heteroatoms. The van der Waals surface area contributed by atoms with Crippen LogP contribution in [0.2, 0.25) is 0 Å². The van der Waals surface area contributed by atoms with Gasteiger partial charge in [0.25, 0.3) is 0 Å². The van der Waals surface area contributed by atoms with Gasteiger partial charge < -0.3 is 10.1 Å². The number of hydrogen-bond donors (Lipinski definition) is 1. The minimum absolute atomic E-state index is 0.0105. The van der Waals surface area contributed by atoms with Gasteiger partial charge in [0.15, 0.2) is 0 Å². The molecular formula is C18H29N3O6S2. The summed E-state index contributed by atoms with van der Waals surface area (Å²) in [5, 5.41) is 2.82. The van der Waals surface area contributed by atoms with Crippen LogP contribution in [-0.2, 0) is 29.6 Å². The number of carbonyl (C=O) groups excluding carboxylic acids is 1. The van der Waals surface area contributed by atoms with Crippen molar-refractivity contribution in [3.63, 3.8) is 0 Å². The van der Waals surface area contributed by atoms with Gasteiger partial charge in [-0.25, -0.2) is 21.1 Å². The molecule has 0 saturated carbocycles. The molecule has 164 valence electrons. The monoisotopic (exact) mass is 447 g/mol. The number of benzene rings is 1. The first-order chi connectivity index (χ1) is 13.6. The Morgan fingerprint density at radius 1 is 1.17 bits per heavy atom. The van der Waals surface area contributed by atoms with Crippen molar-refractivity contribution in [2.24, 2.45) is 5.92 Å². The van der Waals surface area contributed by atoms with Crippen LogP contribution in [0.15, 0.2) is 34.1 Å².